The van der Waals surface area contributed by atoms with Gasteiger partial charge >= 0.3 is 0 Å². The van der Waals surface area contributed by atoms with Crippen molar-refractivity contribution in [3.05, 3.63) is 78.9 Å². The first-order valence-corrected chi connectivity index (χ1v) is 8.38. The van der Waals surface area contributed by atoms with Crippen molar-refractivity contribution in [1.82, 2.24) is 9.55 Å². The van der Waals surface area contributed by atoms with Gasteiger partial charge in [0.15, 0.2) is 0 Å². The van der Waals surface area contributed by atoms with Gasteiger partial charge in [-0.3, -0.25) is 0 Å². The zero-order valence-corrected chi connectivity index (χ0v) is 14.1. The number of aliphatic hydroxyl groups is 1. The molecule has 0 aliphatic carbocycles. The van der Waals surface area contributed by atoms with Crippen LogP contribution >= 0.6 is 11.8 Å². The van der Waals surface area contributed by atoms with E-state index in [0.717, 1.165) is 10.5 Å². The van der Waals surface area contributed by atoms with Crippen LogP contribution in [0.3, 0.4) is 0 Å². The fourth-order valence-corrected chi connectivity index (χ4v) is 3.33. The second kappa shape index (κ2) is 6.60. The third-order valence-corrected chi connectivity index (χ3v) is 5.03. The maximum Gasteiger partial charge on any atom is 0.102 e. The van der Waals surface area contributed by atoms with Crippen LogP contribution in [0, 0.1) is 0 Å². The lowest BCUT2D eigenvalue weighted by molar-refractivity contribution is 0.0566. The lowest BCUT2D eigenvalue weighted by Crippen LogP contribution is -2.32. The van der Waals surface area contributed by atoms with Crippen molar-refractivity contribution in [2.45, 2.75) is 35.3 Å². The fourth-order valence-electron chi connectivity index (χ4n) is 2.49. The first-order valence-electron chi connectivity index (χ1n) is 7.57. The van der Waals surface area contributed by atoms with Crippen LogP contribution in [-0.2, 0) is 5.54 Å². The molecule has 4 heteroatoms. The Morgan fingerprint density at radius 2 is 1.65 bits per heavy atom. The summed E-state index contributed by atoms with van der Waals surface area (Å²) in [5.74, 6) is 0. The van der Waals surface area contributed by atoms with E-state index in [2.05, 4.69) is 29.2 Å². The van der Waals surface area contributed by atoms with Crippen LogP contribution in [-0.4, -0.2) is 14.7 Å². The smallest absolute Gasteiger partial charge is 0.102 e. The summed E-state index contributed by atoms with van der Waals surface area (Å²) in [6.07, 6.45) is 4.74. The summed E-state index contributed by atoms with van der Waals surface area (Å²) in [5.41, 5.74) is 0.450. The van der Waals surface area contributed by atoms with Gasteiger partial charge in [-0.15, -0.1) is 0 Å². The highest BCUT2D eigenvalue weighted by Gasteiger charge is 2.30. The van der Waals surface area contributed by atoms with Gasteiger partial charge in [-0.05, 0) is 43.7 Å². The average Bonchev–Trinajstić information content (AvgIpc) is 3.11. The zero-order chi connectivity index (χ0) is 16.3. The van der Waals surface area contributed by atoms with Crippen LogP contribution in [0.15, 0.2) is 83.1 Å². The van der Waals surface area contributed by atoms with Gasteiger partial charge in [0.05, 0.1) is 11.9 Å². The van der Waals surface area contributed by atoms with Gasteiger partial charge in [0.25, 0.3) is 0 Å². The van der Waals surface area contributed by atoms with E-state index >= 15 is 0 Å². The Morgan fingerprint density at radius 1 is 1.00 bits per heavy atom. The molecule has 1 unspecified atom stereocenters. The van der Waals surface area contributed by atoms with Gasteiger partial charge in [-0.2, -0.15) is 0 Å². The number of hydrogen-bond acceptors (Lipinski definition) is 3. The minimum atomic E-state index is -0.604. The molecule has 0 saturated heterocycles. The normalized spacial score (nSPS) is 13.0. The maximum atomic E-state index is 10.7. The second-order valence-electron chi connectivity index (χ2n) is 6.01. The molecule has 0 bridgehead atoms. The Kier molecular flexibility index (Phi) is 4.55. The monoisotopic (exact) mass is 324 g/mol. The van der Waals surface area contributed by atoms with E-state index in [1.54, 1.807) is 24.3 Å². The third kappa shape index (κ3) is 3.49. The zero-order valence-electron chi connectivity index (χ0n) is 13.3. The molecule has 0 aliphatic heterocycles. The molecule has 0 spiro atoms. The summed E-state index contributed by atoms with van der Waals surface area (Å²) in [5, 5.41) is 10.7. The van der Waals surface area contributed by atoms with Crippen molar-refractivity contribution in [2.24, 2.45) is 0 Å². The minimum Gasteiger partial charge on any atom is -0.386 e. The molecule has 3 nitrogen and oxygen atoms in total. The number of nitrogens with zero attached hydrogens (tertiary/aromatic N) is 2. The molecule has 1 aromatic heterocycles. The number of rotatable bonds is 5. The molecule has 0 amide bonds. The molecule has 0 aliphatic rings. The van der Waals surface area contributed by atoms with Crippen molar-refractivity contribution in [3.63, 3.8) is 0 Å². The van der Waals surface area contributed by atoms with Crippen molar-refractivity contribution >= 4 is 11.8 Å². The summed E-state index contributed by atoms with van der Waals surface area (Å²) in [6, 6.07) is 18.4. The van der Waals surface area contributed by atoms with E-state index < -0.39 is 11.6 Å². The Bertz CT molecular complexity index is 737. The Hall–Kier alpha value is -2.04. The highest BCUT2D eigenvalue weighted by Crippen LogP contribution is 2.34. The Morgan fingerprint density at radius 3 is 2.26 bits per heavy atom. The molecule has 1 N–H and O–H groups in total. The van der Waals surface area contributed by atoms with E-state index in [0.29, 0.717) is 0 Å². The predicted octanol–water partition coefficient (Wildman–Crippen LogP) is 4.50. The SMILES string of the molecule is CC(C)(C(O)c1ccc(Sc2ccccc2)cc1)n1ccnc1. The molecule has 0 radical (unpaired) electrons. The van der Waals surface area contributed by atoms with Crippen LogP contribution in [0.2, 0.25) is 0 Å². The van der Waals surface area contributed by atoms with Gasteiger partial charge in [0, 0.05) is 22.2 Å². The molecular weight excluding hydrogens is 304 g/mol. The van der Waals surface area contributed by atoms with Crippen LogP contribution in [0.1, 0.15) is 25.5 Å². The van der Waals surface area contributed by atoms with Crippen molar-refractivity contribution in [3.8, 4) is 0 Å². The summed E-state index contributed by atoms with van der Waals surface area (Å²) >= 11 is 1.72. The highest BCUT2D eigenvalue weighted by atomic mass is 32.2. The number of aromatic nitrogens is 2. The molecule has 23 heavy (non-hydrogen) atoms. The molecule has 3 rings (SSSR count). The fraction of sp³-hybridized carbons (Fsp3) is 0.211. The van der Waals surface area contributed by atoms with Gasteiger partial charge in [0.2, 0.25) is 0 Å². The molecule has 118 valence electrons. The van der Waals surface area contributed by atoms with Crippen LogP contribution in [0.5, 0.6) is 0 Å². The lowest BCUT2D eigenvalue weighted by Gasteiger charge is -2.32. The van der Waals surface area contributed by atoms with Crippen LogP contribution in [0.4, 0.5) is 0 Å². The Balaban J connectivity index is 1.76. The minimum absolute atomic E-state index is 0.454. The topological polar surface area (TPSA) is 38.0 Å². The van der Waals surface area contributed by atoms with Crippen molar-refractivity contribution in [1.29, 1.82) is 0 Å². The first-order chi connectivity index (χ1) is 11.1. The van der Waals surface area contributed by atoms with Crippen LogP contribution in [0.25, 0.3) is 0 Å². The van der Waals surface area contributed by atoms with Gasteiger partial charge < -0.3 is 9.67 Å². The van der Waals surface area contributed by atoms with E-state index in [1.165, 1.54) is 4.90 Å². The number of hydrogen-bond donors (Lipinski definition) is 1. The van der Waals surface area contributed by atoms with E-state index in [9.17, 15) is 5.11 Å². The molecule has 0 fully saturated rings. The second-order valence-corrected chi connectivity index (χ2v) is 7.16. The summed E-state index contributed by atoms with van der Waals surface area (Å²) < 4.78 is 1.93. The van der Waals surface area contributed by atoms with E-state index in [1.807, 2.05) is 54.9 Å². The molecule has 1 heterocycles. The number of benzene rings is 2. The molecule has 1 atom stereocenters. The lowest BCUT2D eigenvalue weighted by atomic mass is 9.91. The molecule has 0 saturated carbocycles. The standard InChI is InChI=1S/C19H20N2OS/c1-19(2,21-13-12-20-14-21)18(22)15-8-10-17(11-9-15)23-16-6-4-3-5-7-16/h3-14,18,22H,1-2H3. The van der Waals surface area contributed by atoms with Gasteiger partial charge in [0.1, 0.15) is 6.10 Å². The third-order valence-electron chi connectivity index (χ3n) is 4.01. The number of aliphatic hydroxyl groups excluding tert-OH is 1. The molecule has 2 aromatic carbocycles. The quantitative estimate of drug-likeness (QED) is 0.751. The summed E-state index contributed by atoms with van der Waals surface area (Å²) in [7, 11) is 0. The van der Waals surface area contributed by atoms with Gasteiger partial charge in [-0.1, -0.05) is 42.1 Å². The van der Waals surface area contributed by atoms with Crippen molar-refractivity contribution in [2.75, 3.05) is 0 Å². The summed E-state index contributed by atoms with van der Waals surface area (Å²) in [6.45, 7) is 4.01. The Labute approximate surface area is 141 Å². The van der Waals surface area contributed by atoms with Gasteiger partial charge in [-0.25, -0.2) is 4.98 Å². The molecular formula is C19H20N2OS. The number of imidazole rings is 1. The highest BCUT2D eigenvalue weighted by molar-refractivity contribution is 7.99. The van der Waals surface area contributed by atoms with Crippen molar-refractivity contribution < 1.29 is 5.11 Å². The molecule has 3 aromatic rings. The van der Waals surface area contributed by atoms with E-state index in [-0.39, 0.29) is 0 Å². The summed E-state index contributed by atoms with van der Waals surface area (Å²) in [4.78, 5) is 6.44. The largest absolute Gasteiger partial charge is 0.386 e. The predicted molar refractivity (Wildman–Crippen MR) is 93.5 cm³/mol. The maximum absolute atomic E-state index is 10.7. The van der Waals surface area contributed by atoms with Crippen LogP contribution < -0.4 is 0 Å². The first kappa shape index (κ1) is 15.8. The van der Waals surface area contributed by atoms with E-state index in [4.69, 9.17) is 0 Å². The average molecular weight is 324 g/mol.